The number of hydrazone groups is 1. The molecule has 1 aromatic heterocycles. The molecular formula is C17H24N4O2S3. The lowest BCUT2D eigenvalue weighted by Crippen LogP contribution is -2.57. The van der Waals surface area contributed by atoms with Crippen LogP contribution in [-0.4, -0.2) is 48.8 Å². The first kappa shape index (κ1) is 19.6. The molecule has 0 bridgehead atoms. The molecule has 9 heteroatoms. The van der Waals surface area contributed by atoms with Gasteiger partial charge in [0.15, 0.2) is 10.5 Å². The molecule has 1 atom stereocenters. The van der Waals surface area contributed by atoms with Crippen molar-refractivity contribution < 1.29 is 10.0 Å². The van der Waals surface area contributed by atoms with Gasteiger partial charge in [-0.3, -0.25) is 5.21 Å². The average molecular weight is 413 g/mol. The van der Waals surface area contributed by atoms with Crippen molar-refractivity contribution in [2.45, 2.75) is 62.9 Å². The molecule has 2 N–H and O–H groups in total. The molecule has 2 fully saturated rings. The number of urea groups is 1. The van der Waals surface area contributed by atoms with E-state index in [1.807, 2.05) is 31.4 Å². The molecule has 1 aliphatic carbocycles. The van der Waals surface area contributed by atoms with Gasteiger partial charge in [0, 0.05) is 10.9 Å². The first-order chi connectivity index (χ1) is 12.4. The van der Waals surface area contributed by atoms with Crippen molar-refractivity contribution in [3.05, 3.63) is 22.4 Å². The highest BCUT2D eigenvalue weighted by Crippen LogP contribution is 2.42. The Morgan fingerprint density at radius 1 is 1.46 bits per heavy atom. The van der Waals surface area contributed by atoms with Gasteiger partial charge in [0.25, 0.3) is 0 Å². The maximum absolute atomic E-state index is 12.6. The van der Waals surface area contributed by atoms with Gasteiger partial charge in [-0.15, -0.1) is 11.3 Å². The largest absolute Gasteiger partial charge is 0.343 e. The molecule has 2 aliphatic rings. The number of carbonyl (C=O) groups excluding carboxylic acids is 1. The number of amides is 2. The summed E-state index contributed by atoms with van der Waals surface area (Å²) in [5.41, 5.74) is 0. The summed E-state index contributed by atoms with van der Waals surface area (Å²) < 4.78 is 0.0556. The minimum Gasteiger partial charge on any atom is -0.333 e. The fraction of sp³-hybridized carbons (Fsp3) is 0.588. The molecule has 3 rings (SSSR count). The summed E-state index contributed by atoms with van der Waals surface area (Å²) >= 11 is 8.44. The number of hydrogen-bond acceptors (Lipinski definition) is 6. The Bertz CT molecular complexity index is 672. The molecule has 2 amide bonds. The number of hydrogen-bond donors (Lipinski definition) is 2. The minimum absolute atomic E-state index is 0.123. The van der Waals surface area contributed by atoms with Gasteiger partial charge in [-0.1, -0.05) is 49.3 Å². The SMILES string of the molecule is CC1(C)SC(=S)N(N=Cc2cccs2)C1N(O)C(=O)NC1CCCCC1. The molecule has 142 valence electrons. The van der Waals surface area contributed by atoms with E-state index in [0.717, 1.165) is 35.6 Å². The fourth-order valence-corrected chi connectivity index (χ4v) is 5.68. The van der Waals surface area contributed by atoms with E-state index in [0.29, 0.717) is 4.32 Å². The zero-order valence-corrected chi connectivity index (χ0v) is 17.4. The van der Waals surface area contributed by atoms with Crippen LogP contribution in [0, 0.1) is 0 Å². The van der Waals surface area contributed by atoms with E-state index in [4.69, 9.17) is 12.2 Å². The fourth-order valence-electron chi connectivity index (χ4n) is 3.31. The van der Waals surface area contributed by atoms with Gasteiger partial charge in [0.05, 0.1) is 11.0 Å². The van der Waals surface area contributed by atoms with Gasteiger partial charge in [-0.25, -0.2) is 9.80 Å². The van der Waals surface area contributed by atoms with E-state index in [1.165, 1.54) is 18.2 Å². The Morgan fingerprint density at radius 3 is 2.85 bits per heavy atom. The van der Waals surface area contributed by atoms with Crippen molar-refractivity contribution in [1.29, 1.82) is 0 Å². The average Bonchev–Trinajstić information content (AvgIpc) is 3.18. The molecular weight excluding hydrogens is 388 g/mol. The second-order valence-corrected chi connectivity index (χ2v) is 10.3. The number of nitrogens with zero attached hydrogens (tertiary/aromatic N) is 3. The topological polar surface area (TPSA) is 68.2 Å². The maximum Gasteiger partial charge on any atom is 0.343 e. The lowest BCUT2D eigenvalue weighted by atomic mass is 9.96. The van der Waals surface area contributed by atoms with Crippen LogP contribution in [0.25, 0.3) is 0 Å². The summed E-state index contributed by atoms with van der Waals surface area (Å²) in [4.78, 5) is 13.6. The van der Waals surface area contributed by atoms with Gasteiger partial charge >= 0.3 is 6.03 Å². The number of rotatable bonds is 4. The number of hydroxylamine groups is 2. The van der Waals surface area contributed by atoms with Crippen molar-refractivity contribution in [3.63, 3.8) is 0 Å². The zero-order chi connectivity index (χ0) is 18.7. The number of thiocarbonyl (C=S) groups is 1. The van der Waals surface area contributed by atoms with Crippen molar-refractivity contribution in [3.8, 4) is 0 Å². The first-order valence-corrected chi connectivity index (χ1v) is 10.9. The second kappa shape index (κ2) is 8.24. The second-order valence-electron chi connectivity index (χ2n) is 7.08. The van der Waals surface area contributed by atoms with E-state index in [2.05, 4.69) is 10.4 Å². The highest BCUT2D eigenvalue weighted by Gasteiger charge is 2.50. The van der Waals surface area contributed by atoms with Crippen LogP contribution < -0.4 is 5.32 Å². The van der Waals surface area contributed by atoms with E-state index >= 15 is 0 Å². The zero-order valence-electron chi connectivity index (χ0n) is 14.9. The number of nitrogens with one attached hydrogen (secondary N) is 1. The molecule has 1 aromatic rings. The molecule has 1 aliphatic heterocycles. The Labute approximate surface area is 167 Å². The van der Waals surface area contributed by atoms with Gasteiger partial charge in [0.2, 0.25) is 0 Å². The molecule has 1 unspecified atom stereocenters. The van der Waals surface area contributed by atoms with Gasteiger partial charge in [0.1, 0.15) is 0 Å². The Balaban J connectivity index is 1.74. The number of carbonyl (C=O) groups is 1. The van der Waals surface area contributed by atoms with Crippen molar-refractivity contribution in [2.75, 3.05) is 0 Å². The number of thiophene rings is 1. The van der Waals surface area contributed by atoms with Crippen LogP contribution in [0.2, 0.25) is 0 Å². The van der Waals surface area contributed by atoms with Crippen molar-refractivity contribution in [1.82, 2.24) is 15.4 Å². The first-order valence-electron chi connectivity index (χ1n) is 8.77. The third-order valence-corrected chi connectivity index (χ3v) is 6.96. The third-order valence-electron chi connectivity index (χ3n) is 4.62. The molecule has 2 heterocycles. The molecule has 0 aromatic carbocycles. The summed E-state index contributed by atoms with van der Waals surface area (Å²) in [6.45, 7) is 3.90. The number of thioether (sulfide) groups is 1. The van der Waals surface area contributed by atoms with Gasteiger partial charge < -0.3 is 5.32 Å². The molecule has 0 spiro atoms. The third kappa shape index (κ3) is 4.39. The van der Waals surface area contributed by atoms with E-state index < -0.39 is 16.9 Å². The van der Waals surface area contributed by atoms with E-state index in [1.54, 1.807) is 22.6 Å². The predicted octanol–water partition coefficient (Wildman–Crippen LogP) is 4.25. The van der Waals surface area contributed by atoms with Gasteiger partial charge in [-0.05, 0) is 38.1 Å². The smallest absolute Gasteiger partial charge is 0.333 e. The molecule has 26 heavy (non-hydrogen) atoms. The van der Waals surface area contributed by atoms with E-state index in [9.17, 15) is 10.0 Å². The van der Waals surface area contributed by atoms with Crippen LogP contribution in [0.1, 0.15) is 50.8 Å². The highest BCUT2D eigenvalue weighted by atomic mass is 32.2. The molecule has 1 saturated heterocycles. The van der Waals surface area contributed by atoms with E-state index in [-0.39, 0.29) is 6.04 Å². The predicted molar refractivity (Wildman–Crippen MR) is 111 cm³/mol. The lowest BCUT2D eigenvalue weighted by Gasteiger charge is -2.35. The minimum atomic E-state index is -0.667. The Hall–Kier alpha value is -1.16. The summed E-state index contributed by atoms with van der Waals surface area (Å²) in [5, 5.41) is 22.3. The molecule has 1 saturated carbocycles. The highest BCUT2D eigenvalue weighted by molar-refractivity contribution is 8.24. The van der Waals surface area contributed by atoms with Crippen LogP contribution >= 0.6 is 35.3 Å². The Kier molecular flexibility index (Phi) is 6.21. The summed E-state index contributed by atoms with van der Waals surface area (Å²) in [7, 11) is 0. The van der Waals surface area contributed by atoms with Crippen LogP contribution in [-0.2, 0) is 0 Å². The quantitative estimate of drug-likeness (QED) is 0.335. The lowest BCUT2D eigenvalue weighted by molar-refractivity contribution is -0.119. The molecule has 6 nitrogen and oxygen atoms in total. The summed E-state index contributed by atoms with van der Waals surface area (Å²) in [6, 6.07) is 3.53. The van der Waals surface area contributed by atoms with Crippen LogP contribution in [0.5, 0.6) is 0 Å². The Morgan fingerprint density at radius 2 is 2.19 bits per heavy atom. The van der Waals surface area contributed by atoms with Crippen LogP contribution in [0.3, 0.4) is 0 Å². The van der Waals surface area contributed by atoms with Gasteiger partial charge in [-0.2, -0.15) is 10.2 Å². The summed E-state index contributed by atoms with van der Waals surface area (Å²) in [5.74, 6) is 0. The molecule has 0 radical (unpaired) electrons. The van der Waals surface area contributed by atoms with Crippen molar-refractivity contribution >= 4 is 51.9 Å². The van der Waals surface area contributed by atoms with Crippen LogP contribution in [0.15, 0.2) is 22.6 Å². The standard InChI is InChI=1S/C17H24N4O2S3/c1-17(2)14(21(23)15(22)19-12-7-4-3-5-8-12)20(16(24)26-17)18-11-13-9-6-10-25-13/h6,9-12,14,23H,3-5,7-8H2,1-2H3,(H,19,22). The monoisotopic (exact) mass is 412 g/mol. The van der Waals surface area contributed by atoms with Crippen LogP contribution in [0.4, 0.5) is 4.79 Å². The summed E-state index contributed by atoms with van der Waals surface area (Å²) in [6.07, 6.45) is 6.40. The maximum atomic E-state index is 12.6. The van der Waals surface area contributed by atoms with Crippen molar-refractivity contribution in [2.24, 2.45) is 5.10 Å². The normalized spacial score (nSPS) is 23.6.